The molecule has 1 aromatic heterocycles. The molecule has 0 amide bonds. The lowest BCUT2D eigenvalue weighted by Crippen LogP contribution is -1.92. The van der Waals surface area contributed by atoms with Crippen molar-refractivity contribution in [2.75, 3.05) is 5.73 Å². The highest BCUT2D eigenvalue weighted by Gasteiger charge is 2.29. The van der Waals surface area contributed by atoms with Gasteiger partial charge in [0.05, 0.1) is 5.69 Å². The van der Waals surface area contributed by atoms with Gasteiger partial charge in [-0.05, 0) is 59.2 Å². The number of halogens is 2. The van der Waals surface area contributed by atoms with E-state index in [9.17, 15) is 0 Å². The SMILES string of the molecule is Nc1nc(C2CC2)c(Cc2cc(I)ccc2Cl)s1. The maximum absolute atomic E-state index is 6.25. The van der Waals surface area contributed by atoms with Crippen molar-refractivity contribution >= 4 is 50.7 Å². The number of rotatable bonds is 3. The van der Waals surface area contributed by atoms with E-state index >= 15 is 0 Å². The van der Waals surface area contributed by atoms with Crippen LogP contribution in [0.4, 0.5) is 5.13 Å². The average molecular weight is 391 g/mol. The number of nitrogens with two attached hydrogens (primary N) is 1. The molecule has 1 heterocycles. The van der Waals surface area contributed by atoms with Gasteiger partial charge in [0.15, 0.2) is 5.13 Å². The van der Waals surface area contributed by atoms with Gasteiger partial charge in [0, 0.05) is 25.8 Å². The van der Waals surface area contributed by atoms with Crippen molar-refractivity contribution in [3.8, 4) is 0 Å². The first-order valence-electron chi connectivity index (χ1n) is 5.82. The fraction of sp³-hybridized carbons (Fsp3) is 0.308. The van der Waals surface area contributed by atoms with Crippen LogP contribution in [-0.4, -0.2) is 4.98 Å². The normalized spacial score (nSPS) is 15.0. The molecule has 1 saturated carbocycles. The maximum Gasteiger partial charge on any atom is 0.180 e. The third kappa shape index (κ3) is 2.65. The Bertz CT molecular complexity index is 593. The molecule has 2 N–H and O–H groups in total. The van der Waals surface area contributed by atoms with Crippen molar-refractivity contribution in [3.05, 3.63) is 42.9 Å². The van der Waals surface area contributed by atoms with Crippen LogP contribution in [0, 0.1) is 3.57 Å². The topological polar surface area (TPSA) is 38.9 Å². The molecule has 94 valence electrons. The fourth-order valence-electron chi connectivity index (χ4n) is 2.04. The molecule has 0 radical (unpaired) electrons. The van der Waals surface area contributed by atoms with E-state index in [0.717, 1.165) is 17.0 Å². The molecule has 0 aliphatic heterocycles. The van der Waals surface area contributed by atoms with Crippen molar-refractivity contribution in [1.29, 1.82) is 0 Å². The number of aromatic nitrogens is 1. The van der Waals surface area contributed by atoms with Crippen LogP contribution in [0.5, 0.6) is 0 Å². The summed E-state index contributed by atoms with van der Waals surface area (Å²) in [7, 11) is 0. The van der Waals surface area contributed by atoms with E-state index in [1.807, 2.05) is 12.1 Å². The molecule has 2 nitrogen and oxygen atoms in total. The smallest absolute Gasteiger partial charge is 0.180 e. The molecule has 1 fully saturated rings. The summed E-state index contributed by atoms with van der Waals surface area (Å²) in [5.74, 6) is 0.634. The van der Waals surface area contributed by atoms with Crippen molar-refractivity contribution in [3.63, 3.8) is 0 Å². The number of hydrogen-bond acceptors (Lipinski definition) is 3. The molecule has 0 spiro atoms. The highest BCUT2D eigenvalue weighted by atomic mass is 127. The van der Waals surface area contributed by atoms with E-state index in [2.05, 4.69) is 33.6 Å². The molecule has 18 heavy (non-hydrogen) atoms. The zero-order valence-corrected chi connectivity index (χ0v) is 13.3. The van der Waals surface area contributed by atoms with Crippen molar-refractivity contribution < 1.29 is 0 Å². The molecule has 2 aromatic rings. The Morgan fingerprint density at radius 2 is 2.22 bits per heavy atom. The number of benzene rings is 1. The van der Waals surface area contributed by atoms with Crippen LogP contribution in [-0.2, 0) is 6.42 Å². The quantitative estimate of drug-likeness (QED) is 0.786. The van der Waals surface area contributed by atoms with Gasteiger partial charge in [0.2, 0.25) is 0 Å². The highest BCUT2D eigenvalue weighted by molar-refractivity contribution is 14.1. The van der Waals surface area contributed by atoms with Gasteiger partial charge in [-0.25, -0.2) is 4.98 Å². The molecular weight excluding hydrogens is 379 g/mol. The van der Waals surface area contributed by atoms with Gasteiger partial charge in [-0.3, -0.25) is 0 Å². The second-order valence-electron chi connectivity index (χ2n) is 4.55. The molecular formula is C13H12ClIN2S. The minimum atomic E-state index is 0.634. The summed E-state index contributed by atoms with van der Waals surface area (Å²) in [6, 6.07) is 6.12. The van der Waals surface area contributed by atoms with Crippen LogP contribution >= 0.6 is 45.5 Å². The molecule has 0 unspecified atom stereocenters. The number of hydrogen-bond donors (Lipinski definition) is 1. The van der Waals surface area contributed by atoms with Gasteiger partial charge in [0.25, 0.3) is 0 Å². The predicted molar refractivity (Wildman–Crippen MR) is 85.5 cm³/mol. The summed E-state index contributed by atoms with van der Waals surface area (Å²) in [5, 5.41) is 1.50. The molecule has 0 saturated heterocycles. The molecule has 1 aliphatic carbocycles. The summed E-state index contributed by atoms with van der Waals surface area (Å²) < 4.78 is 1.21. The Hall–Kier alpha value is -0.330. The summed E-state index contributed by atoms with van der Waals surface area (Å²) in [4.78, 5) is 5.75. The monoisotopic (exact) mass is 390 g/mol. The van der Waals surface area contributed by atoms with Crippen LogP contribution in [0.25, 0.3) is 0 Å². The number of anilines is 1. The molecule has 0 atom stereocenters. The first-order chi connectivity index (χ1) is 8.63. The van der Waals surface area contributed by atoms with Gasteiger partial charge in [-0.1, -0.05) is 11.6 Å². The number of thiazole rings is 1. The highest BCUT2D eigenvalue weighted by Crippen LogP contribution is 2.44. The van der Waals surface area contributed by atoms with Gasteiger partial charge in [0.1, 0.15) is 0 Å². The average Bonchev–Trinajstić information content (AvgIpc) is 3.09. The molecule has 0 bridgehead atoms. The third-order valence-electron chi connectivity index (χ3n) is 3.07. The molecule has 5 heteroatoms. The second-order valence-corrected chi connectivity index (χ2v) is 7.32. The standard InChI is InChI=1S/C13H12ClIN2S/c14-10-4-3-9(15)5-8(10)6-11-12(7-1-2-7)17-13(16)18-11/h3-5,7H,1-2,6H2,(H2,16,17). The lowest BCUT2D eigenvalue weighted by molar-refractivity contribution is 1.01. The van der Waals surface area contributed by atoms with Crippen molar-refractivity contribution in [2.45, 2.75) is 25.2 Å². The van der Waals surface area contributed by atoms with E-state index in [1.165, 1.54) is 27.0 Å². The van der Waals surface area contributed by atoms with Gasteiger partial charge in [-0.15, -0.1) is 11.3 Å². The predicted octanol–water partition coefficient (Wildman–Crippen LogP) is 4.45. The van der Waals surface area contributed by atoms with Crippen molar-refractivity contribution in [2.24, 2.45) is 0 Å². The van der Waals surface area contributed by atoms with Crippen LogP contribution in [0.2, 0.25) is 5.02 Å². The third-order valence-corrected chi connectivity index (χ3v) is 5.01. The van der Waals surface area contributed by atoms with Gasteiger partial charge in [-0.2, -0.15) is 0 Å². The molecule has 1 aliphatic rings. The lowest BCUT2D eigenvalue weighted by Gasteiger charge is -2.05. The van der Waals surface area contributed by atoms with Crippen molar-refractivity contribution in [1.82, 2.24) is 4.98 Å². The summed E-state index contributed by atoms with van der Waals surface area (Å²) in [5.41, 5.74) is 8.20. The Labute approximate surface area is 129 Å². The van der Waals surface area contributed by atoms with Crippen LogP contribution in [0.1, 0.15) is 34.9 Å². The van der Waals surface area contributed by atoms with E-state index in [-0.39, 0.29) is 0 Å². The molecule has 3 rings (SSSR count). The first kappa shape index (κ1) is 12.7. The Morgan fingerprint density at radius 1 is 1.44 bits per heavy atom. The minimum absolute atomic E-state index is 0.634. The summed E-state index contributed by atoms with van der Waals surface area (Å²) in [6.45, 7) is 0. The first-order valence-corrected chi connectivity index (χ1v) is 8.10. The van der Waals surface area contributed by atoms with Gasteiger partial charge >= 0.3 is 0 Å². The zero-order chi connectivity index (χ0) is 12.7. The Kier molecular flexibility index (Phi) is 3.51. The number of nitrogens with zero attached hydrogens (tertiary/aromatic N) is 1. The van der Waals surface area contributed by atoms with Gasteiger partial charge < -0.3 is 5.73 Å². The summed E-state index contributed by atoms with van der Waals surface area (Å²) >= 11 is 10.2. The number of nitrogen functional groups attached to an aromatic ring is 1. The van der Waals surface area contributed by atoms with Crippen LogP contribution in [0.15, 0.2) is 18.2 Å². The Morgan fingerprint density at radius 3 is 2.94 bits per heavy atom. The largest absolute Gasteiger partial charge is 0.375 e. The van der Waals surface area contributed by atoms with E-state index in [1.54, 1.807) is 11.3 Å². The van der Waals surface area contributed by atoms with E-state index < -0.39 is 0 Å². The minimum Gasteiger partial charge on any atom is -0.375 e. The summed E-state index contributed by atoms with van der Waals surface area (Å²) in [6.07, 6.45) is 3.34. The zero-order valence-electron chi connectivity index (χ0n) is 9.62. The Balaban J connectivity index is 1.94. The lowest BCUT2D eigenvalue weighted by atomic mass is 10.1. The maximum atomic E-state index is 6.25. The second kappa shape index (κ2) is 4.98. The van der Waals surface area contributed by atoms with Crippen LogP contribution in [0.3, 0.4) is 0 Å². The van der Waals surface area contributed by atoms with E-state index in [4.69, 9.17) is 17.3 Å². The molecule has 1 aromatic carbocycles. The fourth-order valence-corrected chi connectivity index (χ4v) is 3.72. The van der Waals surface area contributed by atoms with E-state index in [0.29, 0.717) is 11.0 Å². The van der Waals surface area contributed by atoms with Crippen LogP contribution < -0.4 is 5.73 Å².